The standard InChI is InChI=1S/C16H25FN2/c1-4-12(2)11-19(3)16-8-13(7-14(17)9-16)10-18-15-5-6-15/h7-9,12,15,18H,4-6,10-11H2,1-3H3. The molecule has 0 amide bonds. The number of hydrogen-bond donors (Lipinski definition) is 1. The molecule has 0 saturated heterocycles. The molecule has 1 saturated carbocycles. The summed E-state index contributed by atoms with van der Waals surface area (Å²) in [6.45, 7) is 6.16. The Morgan fingerprint density at radius 1 is 1.37 bits per heavy atom. The summed E-state index contributed by atoms with van der Waals surface area (Å²) in [5.41, 5.74) is 2.02. The van der Waals surface area contributed by atoms with Gasteiger partial charge in [0.25, 0.3) is 0 Å². The second kappa shape index (κ2) is 6.38. The summed E-state index contributed by atoms with van der Waals surface area (Å²) in [6, 6.07) is 6.02. The molecule has 0 aliphatic heterocycles. The lowest BCUT2D eigenvalue weighted by Crippen LogP contribution is -2.24. The second-order valence-electron chi connectivity index (χ2n) is 5.87. The lowest BCUT2D eigenvalue weighted by Gasteiger charge is -2.23. The van der Waals surface area contributed by atoms with Crippen molar-refractivity contribution in [1.82, 2.24) is 5.32 Å². The van der Waals surface area contributed by atoms with Gasteiger partial charge in [0.2, 0.25) is 0 Å². The molecule has 1 unspecified atom stereocenters. The van der Waals surface area contributed by atoms with Crippen molar-refractivity contribution < 1.29 is 4.39 Å². The largest absolute Gasteiger partial charge is 0.374 e. The van der Waals surface area contributed by atoms with E-state index in [9.17, 15) is 4.39 Å². The summed E-state index contributed by atoms with van der Waals surface area (Å²) in [4.78, 5) is 2.15. The predicted molar refractivity (Wildman–Crippen MR) is 79.0 cm³/mol. The van der Waals surface area contributed by atoms with Crippen molar-refractivity contribution in [1.29, 1.82) is 0 Å². The first-order chi connectivity index (χ1) is 9.08. The number of benzene rings is 1. The van der Waals surface area contributed by atoms with E-state index in [-0.39, 0.29) is 5.82 Å². The minimum Gasteiger partial charge on any atom is -0.374 e. The molecule has 1 aromatic rings. The molecule has 106 valence electrons. The third-order valence-electron chi connectivity index (χ3n) is 3.84. The zero-order valence-corrected chi connectivity index (χ0v) is 12.2. The summed E-state index contributed by atoms with van der Waals surface area (Å²) in [6.07, 6.45) is 3.67. The van der Waals surface area contributed by atoms with E-state index in [2.05, 4.69) is 30.1 Å². The third-order valence-corrected chi connectivity index (χ3v) is 3.84. The van der Waals surface area contributed by atoms with Gasteiger partial charge in [-0.15, -0.1) is 0 Å². The molecular formula is C16H25FN2. The van der Waals surface area contributed by atoms with E-state index in [1.165, 1.54) is 12.8 Å². The summed E-state index contributed by atoms with van der Waals surface area (Å²) in [7, 11) is 2.04. The summed E-state index contributed by atoms with van der Waals surface area (Å²) >= 11 is 0. The molecule has 1 atom stereocenters. The topological polar surface area (TPSA) is 15.3 Å². The maximum absolute atomic E-state index is 13.7. The average Bonchev–Trinajstić information content (AvgIpc) is 3.19. The summed E-state index contributed by atoms with van der Waals surface area (Å²) in [5.74, 6) is 0.488. The van der Waals surface area contributed by atoms with Crippen LogP contribution in [0.15, 0.2) is 18.2 Å². The fraction of sp³-hybridized carbons (Fsp3) is 0.625. The normalized spacial score (nSPS) is 16.4. The third kappa shape index (κ3) is 4.50. The molecule has 1 aliphatic rings. The van der Waals surface area contributed by atoms with Gasteiger partial charge in [-0.05, 0) is 42.5 Å². The Kier molecular flexibility index (Phi) is 4.81. The van der Waals surface area contributed by atoms with Crippen LogP contribution >= 0.6 is 0 Å². The van der Waals surface area contributed by atoms with Gasteiger partial charge >= 0.3 is 0 Å². The van der Waals surface area contributed by atoms with Crippen LogP contribution in [0, 0.1) is 11.7 Å². The maximum Gasteiger partial charge on any atom is 0.125 e. The fourth-order valence-corrected chi connectivity index (χ4v) is 2.21. The molecule has 2 rings (SSSR count). The van der Waals surface area contributed by atoms with Gasteiger partial charge in [-0.25, -0.2) is 4.39 Å². The highest BCUT2D eigenvalue weighted by Gasteiger charge is 2.20. The highest BCUT2D eigenvalue weighted by atomic mass is 19.1. The van der Waals surface area contributed by atoms with Gasteiger partial charge in [0.1, 0.15) is 5.82 Å². The zero-order valence-electron chi connectivity index (χ0n) is 12.2. The molecule has 3 heteroatoms. The van der Waals surface area contributed by atoms with E-state index < -0.39 is 0 Å². The van der Waals surface area contributed by atoms with Crippen molar-refractivity contribution in [2.75, 3.05) is 18.5 Å². The van der Waals surface area contributed by atoms with Crippen LogP contribution in [0.2, 0.25) is 0 Å². The molecule has 1 aliphatic carbocycles. The van der Waals surface area contributed by atoms with E-state index in [4.69, 9.17) is 0 Å². The minimum absolute atomic E-state index is 0.138. The average molecular weight is 264 g/mol. The van der Waals surface area contributed by atoms with Crippen LogP contribution in [0.4, 0.5) is 10.1 Å². The van der Waals surface area contributed by atoms with E-state index in [1.54, 1.807) is 12.1 Å². The number of nitrogens with zero attached hydrogens (tertiary/aromatic N) is 1. The van der Waals surface area contributed by atoms with E-state index in [1.807, 2.05) is 7.05 Å². The maximum atomic E-state index is 13.7. The molecule has 0 aromatic heterocycles. The Bertz CT molecular complexity index is 415. The number of anilines is 1. The molecule has 0 spiro atoms. The molecule has 0 heterocycles. The molecule has 1 aromatic carbocycles. The summed E-state index contributed by atoms with van der Waals surface area (Å²) in [5, 5.41) is 3.43. The first-order valence-corrected chi connectivity index (χ1v) is 7.32. The van der Waals surface area contributed by atoms with Crippen molar-refractivity contribution in [2.24, 2.45) is 5.92 Å². The molecule has 1 fully saturated rings. The van der Waals surface area contributed by atoms with Crippen LogP contribution in [0.5, 0.6) is 0 Å². The van der Waals surface area contributed by atoms with E-state index >= 15 is 0 Å². The van der Waals surface area contributed by atoms with Gasteiger partial charge in [-0.1, -0.05) is 20.3 Å². The number of rotatable bonds is 7. The van der Waals surface area contributed by atoms with Crippen LogP contribution < -0.4 is 10.2 Å². The lowest BCUT2D eigenvalue weighted by atomic mass is 10.1. The van der Waals surface area contributed by atoms with Gasteiger partial charge in [0.05, 0.1) is 0 Å². The number of nitrogens with one attached hydrogen (secondary N) is 1. The number of halogens is 1. The van der Waals surface area contributed by atoms with Crippen LogP contribution in [0.1, 0.15) is 38.7 Å². The second-order valence-corrected chi connectivity index (χ2v) is 5.87. The van der Waals surface area contributed by atoms with E-state index in [0.717, 1.165) is 30.8 Å². The predicted octanol–water partition coefficient (Wildman–Crippen LogP) is 3.56. The van der Waals surface area contributed by atoms with Crippen molar-refractivity contribution in [3.8, 4) is 0 Å². The number of hydrogen-bond acceptors (Lipinski definition) is 2. The Hall–Kier alpha value is -1.09. The molecule has 19 heavy (non-hydrogen) atoms. The summed E-state index contributed by atoms with van der Waals surface area (Å²) < 4.78 is 13.7. The Morgan fingerprint density at radius 3 is 2.74 bits per heavy atom. The molecule has 2 nitrogen and oxygen atoms in total. The monoisotopic (exact) mass is 264 g/mol. The van der Waals surface area contributed by atoms with Gasteiger partial charge in [0.15, 0.2) is 0 Å². The van der Waals surface area contributed by atoms with Gasteiger partial charge in [-0.3, -0.25) is 0 Å². The Morgan fingerprint density at radius 2 is 2.11 bits per heavy atom. The van der Waals surface area contributed by atoms with Crippen molar-refractivity contribution in [3.63, 3.8) is 0 Å². The first-order valence-electron chi connectivity index (χ1n) is 7.32. The van der Waals surface area contributed by atoms with Gasteiger partial charge < -0.3 is 10.2 Å². The quantitative estimate of drug-likeness (QED) is 0.810. The van der Waals surface area contributed by atoms with Crippen LogP contribution in [-0.2, 0) is 6.54 Å². The SMILES string of the molecule is CCC(C)CN(C)c1cc(F)cc(CNC2CC2)c1. The van der Waals surface area contributed by atoms with Crippen LogP contribution in [0.25, 0.3) is 0 Å². The minimum atomic E-state index is -0.138. The Labute approximate surface area is 116 Å². The highest BCUT2D eigenvalue weighted by molar-refractivity contribution is 5.48. The van der Waals surface area contributed by atoms with Crippen LogP contribution in [-0.4, -0.2) is 19.6 Å². The highest BCUT2D eigenvalue weighted by Crippen LogP contribution is 2.22. The van der Waals surface area contributed by atoms with Crippen LogP contribution in [0.3, 0.4) is 0 Å². The molecular weight excluding hydrogens is 239 g/mol. The zero-order chi connectivity index (χ0) is 13.8. The van der Waals surface area contributed by atoms with E-state index in [0.29, 0.717) is 12.0 Å². The molecule has 0 radical (unpaired) electrons. The van der Waals surface area contributed by atoms with Crippen molar-refractivity contribution in [3.05, 3.63) is 29.6 Å². The van der Waals surface area contributed by atoms with Crippen molar-refractivity contribution >= 4 is 5.69 Å². The van der Waals surface area contributed by atoms with Gasteiger partial charge in [-0.2, -0.15) is 0 Å². The first kappa shape index (κ1) is 14.3. The Balaban J connectivity index is 2.01. The molecule has 0 bridgehead atoms. The molecule has 1 N–H and O–H groups in total. The smallest absolute Gasteiger partial charge is 0.125 e. The van der Waals surface area contributed by atoms with Crippen molar-refractivity contribution in [2.45, 2.75) is 45.7 Å². The lowest BCUT2D eigenvalue weighted by molar-refractivity contribution is 0.558. The fourth-order valence-electron chi connectivity index (χ4n) is 2.21. The van der Waals surface area contributed by atoms with Gasteiger partial charge in [0, 0.05) is 31.9 Å².